The molecular formula is C25H34O3. The van der Waals surface area contributed by atoms with Crippen molar-refractivity contribution in [1.29, 1.82) is 0 Å². The summed E-state index contributed by atoms with van der Waals surface area (Å²) in [6.45, 7) is 12.4. The molecule has 0 spiro atoms. The molecule has 1 heterocycles. The van der Waals surface area contributed by atoms with Gasteiger partial charge in [-0.25, -0.2) is 0 Å². The third kappa shape index (κ3) is 4.89. The number of epoxide rings is 1. The van der Waals surface area contributed by atoms with Crippen LogP contribution in [0.15, 0.2) is 71.4 Å². The molecule has 0 bridgehead atoms. The van der Waals surface area contributed by atoms with E-state index in [-0.39, 0.29) is 22.7 Å². The number of aliphatic hydroxyl groups is 1. The summed E-state index contributed by atoms with van der Waals surface area (Å²) in [5.74, 6) is 0. The molecule has 2 aliphatic rings. The van der Waals surface area contributed by atoms with E-state index in [4.69, 9.17) is 4.74 Å². The largest absolute Gasteiger partial charge is 0.393 e. The Labute approximate surface area is 169 Å². The van der Waals surface area contributed by atoms with Gasteiger partial charge in [-0.2, -0.15) is 0 Å². The Morgan fingerprint density at radius 1 is 0.893 bits per heavy atom. The highest BCUT2D eigenvalue weighted by Gasteiger charge is 2.74. The van der Waals surface area contributed by atoms with Gasteiger partial charge in [0.2, 0.25) is 0 Å². The first-order chi connectivity index (χ1) is 13.1. The van der Waals surface area contributed by atoms with Gasteiger partial charge in [-0.1, -0.05) is 73.6 Å². The molecule has 0 aromatic carbocycles. The van der Waals surface area contributed by atoms with E-state index >= 15 is 0 Å². The second-order valence-electron chi connectivity index (χ2n) is 8.94. The Hall–Kier alpha value is -1.97. The van der Waals surface area contributed by atoms with Crippen LogP contribution in [0.2, 0.25) is 0 Å². The van der Waals surface area contributed by atoms with Crippen LogP contribution < -0.4 is 0 Å². The van der Waals surface area contributed by atoms with Gasteiger partial charge in [0.25, 0.3) is 0 Å². The van der Waals surface area contributed by atoms with Crippen LogP contribution in [-0.4, -0.2) is 28.7 Å². The summed E-state index contributed by atoms with van der Waals surface area (Å²) in [6.07, 6.45) is 20.1. The lowest BCUT2D eigenvalue weighted by molar-refractivity contribution is -0.104. The number of aliphatic hydroxyl groups excluding tert-OH is 1. The molecular weight excluding hydrogens is 348 g/mol. The normalized spacial score (nSPS) is 33.7. The van der Waals surface area contributed by atoms with Crippen molar-refractivity contribution in [3.05, 3.63) is 71.4 Å². The van der Waals surface area contributed by atoms with Crippen molar-refractivity contribution < 1.29 is 14.6 Å². The maximum atomic E-state index is 10.5. The fourth-order valence-corrected chi connectivity index (χ4v) is 4.24. The van der Waals surface area contributed by atoms with Crippen LogP contribution >= 0.6 is 0 Å². The van der Waals surface area contributed by atoms with Crippen LogP contribution in [0.5, 0.6) is 0 Å². The van der Waals surface area contributed by atoms with Gasteiger partial charge < -0.3 is 9.84 Å². The Balaban J connectivity index is 1.99. The first-order valence-electron chi connectivity index (χ1n) is 9.95. The van der Waals surface area contributed by atoms with Crippen LogP contribution in [0.1, 0.15) is 54.4 Å². The van der Waals surface area contributed by atoms with Crippen LogP contribution in [0, 0.1) is 5.41 Å². The molecule has 0 aromatic rings. The Kier molecular flexibility index (Phi) is 6.84. The Morgan fingerprint density at radius 2 is 1.46 bits per heavy atom. The predicted octanol–water partition coefficient (Wildman–Crippen LogP) is 5.40. The van der Waals surface area contributed by atoms with Crippen LogP contribution in [0.3, 0.4) is 0 Å². The van der Waals surface area contributed by atoms with Gasteiger partial charge in [0.1, 0.15) is 17.5 Å². The van der Waals surface area contributed by atoms with E-state index in [9.17, 15) is 9.90 Å². The van der Waals surface area contributed by atoms with Crippen molar-refractivity contribution >= 4 is 6.29 Å². The highest BCUT2D eigenvalue weighted by Crippen LogP contribution is 2.66. The molecule has 0 aromatic heterocycles. The van der Waals surface area contributed by atoms with Crippen molar-refractivity contribution in [1.82, 2.24) is 0 Å². The maximum absolute atomic E-state index is 10.5. The van der Waals surface area contributed by atoms with E-state index in [0.717, 1.165) is 23.9 Å². The number of carbonyl (C=O) groups excluding carboxylic acids is 1. The van der Waals surface area contributed by atoms with E-state index in [2.05, 4.69) is 52.0 Å². The molecule has 2 fully saturated rings. The molecule has 3 nitrogen and oxygen atoms in total. The summed E-state index contributed by atoms with van der Waals surface area (Å²) in [7, 11) is 0. The number of allylic oxidation sites excluding steroid dienone is 11. The highest BCUT2D eigenvalue weighted by molar-refractivity contribution is 5.72. The first kappa shape index (κ1) is 22.3. The monoisotopic (exact) mass is 382 g/mol. The van der Waals surface area contributed by atoms with Gasteiger partial charge >= 0.3 is 0 Å². The fraction of sp³-hybridized carbons (Fsp3) is 0.480. The van der Waals surface area contributed by atoms with E-state index in [0.29, 0.717) is 12.0 Å². The topological polar surface area (TPSA) is 49.8 Å². The van der Waals surface area contributed by atoms with Gasteiger partial charge in [-0.3, -0.25) is 4.79 Å². The van der Waals surface area contributed by atoms with Crippen LogP contribution in [0.4, 0.5) is 0 Å². The lowest BCUT2D eigenvalue weighted by atomic mass is 9.63. The SMILES string of the molecule is CC(C=O)=CC=CC=C(C)C=CC=C(C)C=CC12OC1(C)CC(O)CC2(C)C. The van der Waals surface area contributed by atoms with Crippen molar-refractivity contribution in [3.8, 4) is 0 Å². The van der Waals surface area contributed by atoms with Gasteiger partial charge in [0.05, 0.1) is 6.10 Å². The summed E-state index contributed by atoms with van der Waals surface area (Å²) >= 11 is 0. The molecule has 1 saturated heterocycles. The maximum Gasteiger partial charge on any atom is 0.145 e. The molecule has 1 N–H and O–H groups in total. The number of hydrogen-bond donors (Lipinski definition) is 1. The standard InChI is InChI=1S/C25H34O3/c1-19(10-7-8-11-21(3)18-26)12-9-13-20(2)14-15-25-23(4,5)16-22(27)17-24(25,6)28-25/h7-15,18,22,27H,16-17H2,1-6H3. The molecule has 3 heteroatoms. The zero-order valence-corrected chi connectivity index (χ0v) is 18.0. The van der Waals surface area contributed by atoms with Crippen LogP contribution in [-0.2, 0) is 9.53 Å². The van der Waals surface area contributed by atoms with Crippen molar-refractivity contribution in [3.63, 3.8) is 0 Å². The number of carbonyl (C=O) groups is 1. The van der Waals surface area contributed by atoms with Crippen LogP contribution in [0.25, 0.3) is 0 Å². The highest BCUT2D eigenvalue weighted by atomic mass is 16.6. The van der Waals surface area contributed by atoms with Gasteiger partial charge in [-0.05, 0) is 45.8 Å². The van der Waals surface area contributed by atoms with Gasteiger partial charge in [0.15, 0.2) is 0 Å². The summed E-state index contributed by atoms with van der Waals surface area (Å²) in [5, 5.41) is 10.1. The van der Waals surface area contributed by atoms with Crippen molar-refractivity contribution in [2.45, 2.75) is 71.7 Å². The predicted molar refractivity (Wildman–Crippen MR) is 116 cm³/mol. The number of ether oxygens (including phenoxy) is 1. The summed E-state index contributed by atoms with van der Waals surface area (Å²) < 4.78 is 6.18. The second kappa shape index (κ2) is 8.59. The van der Waals surface area contributed by atoms with Crippen molar-refractivity contribution in [2.24, 2.45) is 5.41 Å². The molecule has 3 unspecified atom stereocenters. The number of rotatable bonds is 7. The lowest BCUT2D eigenvalue weighted by Crippen LogP contribution is -2.46. The molecule has 152 valence electrons. The molecule has 1 aliphatic carbocycles. The fourth-order valence-electron chi connectivity index (χ4n) is 4.24. The van der Waals surface area contributed by atoms with Crippen molar-refractivity contribution in [2.75, 3.05) is 0 Å². The lowest BCUT2D eigenvalue weighted by Gasteiger charge is -2.39. The Morgan fingerprint density at radius 3 is 2.07 bits per heavy atom. The quantitative estimate of drug-likeness (QED) is 0.277. The van der Waals surface area contributed by atoms with Gasteiger partial charge in [-0.15, -0.1) is 0 Å². The average molecular weight is 383 g/mol. The van der Waals surface area contributed by atoms with E-state index in [1.807, 2.05) is 31.2 Å². The smallest absolute Gasteiger partial charge is 0.145 e. The number of fused-ring (bicyclic) bond motifs is 1. The van der Waals surface area contributed by atoms with E-state index in [1.165, 1.54) is 0 Å². The second-order valence-corrected chi connectivity index (χ2v) is 8.94. The van der Waals surface area contributed by atoms with Gasteiger partial charge in [0, 0.05) is 11.8 Å². The molecule has 3 atom stereocenters. The Bertz CT molecular complexity index is 776. The summed E-state index contributed by atoms with van der Waals surface area (Å²) in [6, 6.07) is 0. The zero-order chi connectivity index (χ0) is 21.0. The minimum Gasteiger partial charge on any atom is -0.393 e. The minimum absolute atomic E-state index is 0.0889. The first-order valence-corrected chi connectivity index (χ1v) is 9.95. The molecule has 2 rings (SSSR count). The molecule has 1 saturated carbocycles. The summed E-state index contributed by atoms with van der Waals surface area (Å²) in [4.78, 5) is 10.5. The number of aldehydes is 1. The average Bonchev–Trinajstić information content (AvgIpc) is 3.22. The third-order valence-corrected chi connectivity index (χ3v) is 5.82. The van der Waals surface area contributed by atoms with E-state index < -0.39 is 0 Å². The molecule has 28 heavy (non-hydrogen) atoms. The summed E-state index contributed by atoms with van der Waals surface area (Å²) in [5.41, 5.74) is 2.34. The zero-order valence-electron chi connectivity index (χ0n) is 18.0. The molecule has 0 radical (unpaired) electrons. The third-order valence-electron chi connectivity index (χ3n) is 5.82. The molecule has 1 aliphatic heterocycles. The molecule has 0 amide bonds. The van der Waals surface area contributed by atoms with E-state index in [1.54, 1.807) is 13.0 Å². The number of hydrogen-bond acceptors (Lipinski definition) is 3. The minimum atomic E-state index is -0.287.